The first-order chi connectivity index (χ1) is 9.13. The molecule has 0 aliphatic heterocycles. The van der Waals surface area contributed by atoms with Crippen molar-refractivity contribution in [3.05, 3.63) is 68.8 Å². The summed E-state index contributed by atoms with van der Waals surface area (Å²) in [6.07, 6.45) is 2.23. The summed E-state index contributed by atoms with van der Waals surface area (Å²) in [5.41, 5.74) is 3.79. The average molecular weight is 366 g/mol. The van der Waals surface area contributed by atoms with Gasteiger partial charge >= 0.3 is 0 Å². The van der Waals surface area contributed by atoms with Crippen molar-refractivity contribution in [1.82, 2.24) is 0 Å². The summed E-state index contributed by atoms with van der Waals surface area (Å²) in [7, 11) is 0. The molecule has 19 heavy (non-hydrogen) atoms. The Kier molecular flexibility index (Phi) is 5.40. The lowest BCUT2D eigenvalue weighted by Gasteiger charge is -2.11. The zero-order valence-electron chi connectivity index (χ0n) is 11.1. The van der Waals surface area contributed by atoms with Crippen LogP contribution in [0.25, 0.3) is 0 Å². The van der Waals surface area contributed by atoms with Crippen molar-refractivity contribution in [3.8, 4) is 0 Å². The van der Waals surface area contributed by atoms with Gasteiger partial charge in [-0.05, 0) is 72.0 Å². The highest BCUT2D eigenvalue weighted by Crippen LogP contribution is 2.13. The summed E-state index contributed by atoms with van der Waals surface area (Å²) in [5, 5.41) is 10.1. The van der Waals surface area contributed by atoms with Crippen molar-refractivity contribution in [1.29, 1.82) is 0 Å². The summed E-state index contributed by atoms with van der Waals surface area (Å²) in [4.78, 5) is 0. The standard InChI is InChI=1S/C17H19IO/c1-13-3-2-4-14(11-13)7-10-17(19)12-15-5-8-16(18)9-6-15/h2-6,8-9,11,17,19H,7,10,12H2,1H3. The molecule has 2 aromatic rings. The summed E-state index contributed by atoms with van der Waals surface area (Å²) < 4.78 is 1.23. The smallest absolute Gasteiger partial charge is 0.0583 e. The minimum Gasteiger partial charge on any atom is -0.393 e. The molecule has 2 aromatic carbocycles. The average Bonchev–Trinajstić information content (AvgIpc) is 2.39. The zero-order valence-corrected chi connectivity index (χ0v) is 13.3. The lowest BCUT2D eigenvalue weighted by atomic mass is 10.0. The van der Waals surface area contributed by atoms with Crippen LogP contribution < -0.4 is 0 Å². The molecule has 0 aromatic heterocycles. The Morgan fingerprint density at radius 1 is 1.05 bits per heavy atom. The van der Waals surface area contributed by atoms with E-state index in [9.17, 15) is 5.11 Å². The van der Waals surface area contributed by atoms with Crippen LogP contribution in [0.5, 0.6) is 0 Å². The van der Waals surface area contributed by atoms with Crippen LogP contribution >= 0.6 is 22.6 Å². The van der Waals surface area contributed by atoms with Crippen molar-refractivity contribution in [2.45, 2.75) is 32.3 Å². The van der Waals surface area contributed by atoms with E-state index in [1.165, 1.54) is 20.3 Å². The minimum absolute atomic E-state index is 0.263. The maximum absolute atomic E-state index is 10.1. The Balaban J connectivity index is 1.84. The molecule has 0 heterocycles. The van der Waals surface area contributed by atoms with Gasteiger partial charge in [0.25, 0.3) is 0 Å². The topological polar surface area (TPSA) is 20.2 Å². The summed E-state index contributed by atoms with van der Waals surface area (Å²) in [6, 6.07) is 16.9. The molecule has 0 saturated carbocycles. The fourth-order valence-corrected chi connectivity index (χ4v) is 2.56. The van der Waals surface area contributed by atoms with E-state index in [1.807, 2.05) is 0 Å². The van der Waals surface area contributed by atoms with Gasteiger partial charge in [-0.25, -0.2) is 0 Å². The highest BCUT2D eigenvalue weighted by atomic mass is 127. The van der Waals surface area contributed by atoms with Gasteiger partial charge in [-0.3, -0.25) is 0 Å². The Morgan fingerprint density at radius 3 is 2.47 bits per heavy atom. The molecular formula is C17H19IO. The number of aliphatic hydroxyl groups is 1. The Labute approximate surface area is 128 Å². The fraction of sp³-hybridized carbons (Fsp3) is 0.294. The third-order valence-corrected chi connectivity index (χ3v) is 3.95. The Morgan fingerprint density at radius 2 is 1.79 bits per heavy atom. The van der Waals surface area contributed by atoms with Crippen LogP contribution in [0.2, 0.25) is 0 Å². The highest BCUT2D eigenvalue weighted by Gasteiger charge is 2.06. The first-order valence-corrected chi connectivity index (χ1v) is 7.69. The van der Waals surface area contributed by atoms with Gasteiger partial charge in [-0.2, -0.15) is 0 Å². The second-order valence-electron chi connectivity index (χ2n) is 5.01. The minimum atomic E-state index is -0.263. The van der Waals surface area contributed by atoms with Crippen molar-refractivity contribution in [2.75, 3.05) is 0 Å². The van der Waals surface area contributed by atoms with Crippen molar-refractivity contribution >= 4 is 22.6 Å². The van der Waals surface area contributed by atoms with Crippen LogP contribution in [0.4, 0.5) is 0 Å². The normalized spacial score (nSPS) is 12.4. The molecule has 0 radical (unpaired) electrons. The molecule has 0 aliphatic carbocycles. The van der Waals surface area contributed by atoms with E-state index < -0.39 is 0 Å². The first-order valence-electron chi connectivity index (χ1n) is 6.61. The molecule has 100 valence electrons. The third kappa shape index (κ3) is 4.96. The molecule has 1 atom stereocenters. The monoisotopic (exact) mass is 366 g/mol. The van der Waals surface area contributed by atoms with E-state index in [4.69, 9.17) is 0 Å². The van der Waals surface area contributed by atoms with Crippen molar-refractivity contribution in [3.63, 3.8) is 0 Å². The van der Waals surface area contributed by atoms with E-state index in [2.05, 4.69) is 78.0 Å². The van der Waals surface area contributed by atoms with Gasteiger partial charge in [-0.15, -0.1) is 0 Å². The van der Waals surface area contributed by atoms with Crippen molar-refractivity contribution < 1.29 is 5.11 Å². The molecule has 2 rings (SSSR count). The van der Waals surface area contributed by atoms with E-state index in [1.54, 1.807) is 0 Å². The Hall–Kier alpha value is -0.870. The van der Waals surface area contributed by atoms with Crippen LogP contribution in [0, 0.1) is 10.5 Å². The second-order valence-corrected chi connectivity index (χ2v) is 6.26. The molecular weight excluding hydrogens is 347 g/mol. The van der Waals surface area contributed by atoms with Gasteiger partial charge in [0.1, 0.15) is 0 Å². The second kappa shape index (κ2) is 7.06. The summed E-state index contributed by atoms with van der Waals surface area (Å²) in [5.74, 6) is 0. The molecule has 1 unspecified atom stereocenters. The van der Waals surface area contributed by atoms with Gasteiger partial charge in [0.15, 0.2) is 0 Å². The summed E-state index contributed by atoms with van der Waals surface area (Å²) >= 11 is 2.30. The molecule has 0 aliphatic rings. The number of hydrogen-bond acceptors (Lipinski definition) is 1. The maximum Gasteiger partial charge on any atom is 0.0583 e. The maximum atomic E-state index is 10.1. The van der Waals surface area contributed by atoms with Crippen LogP contribution in [-0.2, 0) is 12.8 Å². The summed E-state index contributed by atoms with van der Waals surface area (Å²) in [6.45, 7) is 2.10. The first kappa shape index (κ1) is 14.5. The van der Waals surface area contributed by atoms with Crippen LogP contribution in [-0.4, -0.2) is 11.2 Å². The van der Waals surface area contributed by atoms with Gasteiger partial charge < -0.3 is 5.11 Å². The van der Waals surface area contributed by atoms with Gasteiger partial charge in [0.2, 0.25) is 0 Å². The van der Waals surface area contributed by atoms with Crippen LogP contribution in [0.3, 0.4) is 0 Å². The molecule has 1 nitrogen and oxygen atoms in total. The zero-order chi connectivity index (χ0) is 13.7. The number of aliphatic hydroxyl groups excluding tert-OH is 1. The van der Waals surface area contributed by atoms with Gasteiger partial charge in [0.05, 0.1) is 6.10 Å². The van der Waals surface area contributed by atoms with E-state index in [-0.39, 0.29) is 6.10 Å². The predicted molar refractivity (Wildman–Crippen MR) is 88.4 cm³/mol. The highest BCUT2D eigenvalue weighted by molar-refractivity contribution is 14.1. The molecule has 2 heteroatoms. The molecule has 0 amide bonds. The lowest BCUT2D eigenvalue weighted by molar-refractivity contribution is 0.165. The fourth-order valence-electron chi connectivity index (χ4n) is 2.20. The van der Waals surface area contributed by atoms with E-state index in [0.29, 0.717) is 0 Å². The van der Waals surface area contributed by atoms with Crippen LogP contribution in [0.15, 0.2) is 48.5 Å². The largest absolute Gasteiger partial charge is 0.393 e. The SMILES string of the molecule is Cc1cccc(CCC(O)Cc2ccc(I)cc2)c1. The Bertz CT molecular complexity index is 519. The number of hydrogen-bond donors (Lipinski definition) is 1. The van der Waals surface area contributed by atoms with Crippen molar-refractivity contribution in [2.24, 2.45) is 0 Å². The molecule has 0 bridgehead atoms. The number of aryl methyl sites for hydroxylation is 2. The lowest BCUT2D eigenvalue weighted by Crippen LogP contribution is -2.11. The molecule has 1 N–H and O–H groups in total. The number of benzene rings is 2. The predicted octanol–water partition coefficient (Wildman–Crippen LogP) is 4.14. The quantitative estimate of drug-likeness (QED) is 0.789. The van der Waals surface area contributed by atoms with E-state index in [0.717, 1.165) is 19.3 Å². The number of halogens is 1. The van der Waals surface area contributed by atoms with Gasteiger partial charge in [0, 0.05) is 3.57 Å². The molecule has 0 spiro atoms. The van der Waals surface area contributed by atoms with Crippen LogP contribution in [0.1, 0.15) is 23.1 Å². The molecule has 0 fully saturated rings. The van der Waals surface area contributed by atoms with Gasteiger partial charge in [-0.1, -0.05) is 42.0 Å². The van der Waals surface area contributed by atoms with E-state index >= 15 is 0 Å². The number of rotatable bonds is 5. The third-order valence-electron chi connectivity index (χ3n) is 3.23. The molecule has 0 saturated heterocycles.